The average molecular weight is 286 g/mol. The molecule has 0 aliphatic heterocycles. The van der Waals surface area contributed by atoms with Crippen molar-refractivity contribution in [3.8, 4) is 0 Å². The Kier molecular flexibility index (Phi) is 5.44. The number of nitrogens with zero attached hydrogens (tertiary/aromatic N) is 4. The van der Waals surface area contributed by atoms with E-state index in [4.69, 9.17) is 11.6 Å². The summed E-state index contributed by atoms with van der Waals surface area (Å²) in [5.74, 6) is 4.87. The highest BCUT2D eigenvalue weighted by atomic mass is 19.1. The molecule has 0 saturated carbocycles. The molecular weight excluding hydrogens is 267 g/mol. The van der Waals surface area contributed by atoms with Gasteiger partial charge in [0.1, 0.15) is 18.8 Å². The molecule has 8 nitrogen and oxygen atoms in total. The van der Waals surface area contributed by atoms with Gasteiger partial charge in [0.15, 0.2) is 5.69 Å². The van der Waals surface area contributed by atoms with Gasteiger partial charge in [0.05, 0.1) is 6.54 Å². The number of carbonyl (C=O) groups excluding carboxylic acids is 2. The molecule has 0 saturated heterocycles. The predicted molar refractivity (Wildman–Crippen MR) is 71.6 cm³/mol. The fraction of sp³-hybridized carbons (Fsp3) is 0.545. The van der Waals surface area contributed by atoms with Gasteiger partial charge in [-0.3, -0.25) is 9.80 Å². The first-order valence-electron chi connectivity index (χ1n) is 6.14. The Morgan fingerprint density at radius 1 is 1.45 bits per heavy atom. The highest BCUT2D eigenvalue weighted by Gasteiger charge is 2.23. The molecule has 0 spiro atoms. The van der Waals surface area contributed by atoms with E-state index in [9.17, 15) is 14.0 Å². The molecule has 0 aliphatic carbocycles. The summed E-state index contributed by atoms with van der Waals surface area (Å²) < 4.78 is 13.1. The Morgan fingerprint density at radius 3 is 2.65 bits per heavy atom. The number of nitrogen functional groups attached to an aromatic ring is 1. The molecule has 2 amide bonds. The van der Waals surface area contributed by atoms with Crippen LogP contribution in [0.15, 0.2) is 6.33 Å². The monoisotopic (exact) mass is 286 g/mol. The number of hydrazine groups is 1. The van der Waals surface area contributed by atoms with Crippen molar-refractivity contribution >= 4 is 17.8 Å². The zero-order valence-electron chi connectivity index (χ0n) is 11.5. The summed E-state index contributed by atoms with van der Waals surface area (Å²) in [7, 11) is 1.62. The number of anilines is 1. The lowest BCUT2D eigenvalue weighted by Gasteiger charge is -2.16. The lowest BCUT2D eigenvalue weighted by Crippen LogP contribution is -2.42. The van der Waals surface area contributed by atoms with Crippen molar-refractivity contribution in [2.24, 2.45) is 5.84 Å². The van der Waals surface area contributed by atoms with Gasteiger partial charge >= 0.3 is 6.03 Å². The molecule has 1 rings (SSSR count). The molecule has 1 heterocycles. The molecule has 1 aromatic heterocycles. The fourth-order valence-electron chi connectivity index (χ4n) is 1.62. The third kappa shape index (κ3) is 3.23. The summed E-state index contributed by atoms with van der Waals surface area (Å²) >= 11 is 0. The van der Waals surface area contributed by atoms with Crippen molar-refractivity contribution < 1.29 is 14.0 Å². The number of rotatable bonds is 5. The molecule has 0 aliphatic rings. The molecule has 0 bridgehead atoms. The van der Waals surface area contributed by atoms with Crippen LogP contribution in [0.25, 0.3) is 0 Å². The maximum Gasteiger partial charge on any atom is 0.345 e. The third-order valence-corrected chi connectivity index (χ3v) is 2.69. The van der Waals surface area contributed by atoms with Crippen LogP contribution in [0.2, 0.25) is 0 Å². The van der Waals surface area contributed by atoms with E-state index >= 15 is 0 Å². The predicted octanol–water partition coefficient (Wildman–Crippen LogP) is 0.0606. The second-order valence-electron chi connectivity index (χ2n) is 4.24. The SMILES string of the molecule is CCCN(C)C(=O)c1ncn(C(=O)N(N)CCF)c1N. The first-order chi connectivity index (χ1) is 9.43. The normalized spacial score (nSPS) is 10.4. The molecule has 0 fully saturated rings. The van der Waals surface area contributed by atoms with Crippen LogP contribution in [-0.2, 0) is 0 Å². The number of aromatic nitrogens is 2. The van der Waals surface area contributed by atoms with Crippen LogP contribution in [0.5, 0.6) is 0 Å². The molecule has 1 aromatic rings. The molecule has 20 heavy (non-hydrogen) atoms. The van der Waals surface area contributed by atoms with E-state index in [2.05, 4.69) is 4.98 Å². The van der Waals surface area contributed by atoms with Gasteiger partial charge in [0.25, 0.3) is 5.91 Å². The van der Waals surface area contributed by atoms with E-state index < -0.39 is 12.7 Å². The quantitative estimate of drug-likeness (QED) is 0.452. The number of amides is 2. The Bertz CT molecular complexity index is 448. The molecule has 0 unspecified atom stereocenters. The molecule has 0 atom stereocenters. The molecule has 112 valence electrons. The fourth-order valence-corrected chi connectivity index (χ4v) is 1.62. The van der Waals surface area contributed by atoms with Gasteiger partial charge in [-0.2, -0.15) is 0 Å². The second kappa shape index (κ2) is 6.85. The van der Waals surface area contributed by atoms with Gasteiger partial charge in [0, 0.05) is 13.6 Å². The smallest absolute Gasteiger partial charge is 0.345 e. The van der Waals surface area contributed by atoms with Crippen LogP contribution in [0.3, 0.4) is 0 Å². The third-order valence-electron chi connectivity index (χ3n) is 2.69. The van der Waals surface area contributed by atoms with E-state index in [0.717, 1.165) is 17.3 Å². The van der Waals surface area contributed by atoms with Crippen LogP contribution in [0.1, 0.15) is 23.8 Å². The maximum absolute atomic E-state index is 12.2. The number of hydrogen-bond acceptors (Lipinski definition) is 5. The van der Waals surface area contributed by atoms with Crippen LogP contribution in [0.4, 0.5) is 15.0 Å². The summed E-state index contributed by atoms with van der Waals surface area (Å²) in [6, 6.07) is -0.746. The average Bonchev–Trinajstić information content (AvgIpc) is 2.79. The van der Waals surface area contributed by atoms with E-state index in [1.807, 2.05) is 6.92 Å². The van der Waals surface area contributed by atoms with Crippen molar-refractivity contribution in [2.75, 3.05) is 32.5 Å². The number of carbonyl (C=O) groups is 2. The van der Waals surface area contributed by atoms with Crippen LogP contribution in [-0.4, -0.2) is 58.2 Å². The van der Waals surface area contributed by atoms with Crippen molar-refractivity contribution in [3.63, 3.8) is 0 Å². The number of hydrogen-bond donors (Lipinski definition) is 2. The second-order valence-corrected chi connectivity index (χ2v) is 4.24. The summed E-state index contributed by atoms with van der Waals surface area (Å²) in [5.41, 5.74) is 5.70. The van der Waals surface area contributed by atoms with Gasteiger partial charge in [-0.15, -0.1) is 0 Å². The Morgan fingerprint density at radius 2 is 2.10 bits per heavy atom. The van der Waals surface area contributed by atoms with Gasteiger partial charge in [-0.1, -0.05) is 6.92 Å². The summed E-state index contributed by atoms with van der Waals surface area (Å²) in [6.45, 7) is 1.43. The minimum absolute atomic E-state index is 0.0250. The first-order valence-corrected chi connectivity index (χ1v) is 6.14. The van der Waals surface area contributed by atoms with Gasteiger partial charge in [-0.25, -0.2) is 24.6 Å². The molecule has 0 aromatic carbocycles. The minimum Gasteiger partial charge on any atom is -0.383 e. The van der Waals surface area contributed by atoms with Gasteiger partial charge in [-0.05, 0) is 6.42 Å². The lowest BCUT2D eigenvalue weighted by atomic mass is 10.3. The summed E-state index contributed by atoms with van der Waals surface area (Å²) in [5, 5.41) is 0.669. The minimum atomic E-state index is -0.776. The number of halogens is 1. The van der Waals surface area contributed by atoms with Gasteiger partial charge in [0.2, 0.25) is 0 Å². The van der Waals surface area contributed by atoms with Crippen molar-refractivity contribution in [1.29, 1.82) is 0 Å². The zero-order chi connectivity index (χ0) is 15.3. The Hall–Kier alpha value is -2.16. The highest BCUT2D eigenvalue weighted by Crippen LogP contribution is 2.13. The first kappa shape index (κ1) is 15.9. The van der Waals surface area contributed by atoms with Crippen LogP contribution >= 0.6 is 0 Å². The lowest BCUT2D eigenvalue weighted by molar-refractivity contribution is 0.0791. The Labute approximate surface area is 116 Å². The molecule has 0 radical (unpaired) electrons. The molecule has 4 N–H and O–H groups in total. The zero-order valence-corrected chi connectivity index (χ0v) is 11.5. The van der Waals surface area contributed by atoms with E-state index in [1.54, 1.807) is 7.05 Å². The van der Waals surface area contributed by atoms with Crippen molar-refractivity contribution in [3.05, 3.63) is 12.0 Å². The van der Waals surface area contributed by atoms with E-state index in [-0.39, 0.29) is 24.0 Å². The number of alkyl halides is 1. The topological polar surface area (TPSA) is 110 Å². The van der Waals surface area contributed by atoms with E-state index in [0.29, 0.717) is 11.6 Å². The maximum atomic E-state index is 12.2. The number of nitrogens with two attached hydrogens (primary N) is 2. The molecular formula is C11H19FN6O2. The van der Waals surface area contributed by atoms with E-state index in [1.165, 1.54) is 4.90 Å². The van der Waals surface area contributed by atoms with Crippen molar-refractivity contribution in [1.82, 2.24) is 19.5 Å². The Balaban J connectivity index is 2.95. The largest absolute Gasteiger partial charge is 0.383 e. The van der Waals surface area contributed by atoms with Crippen LogP contribution < -0.4 is 11.6 Å². The van der Waals surface area contributed by atoms with Crippen molar-refractivity contribution in [2.45, 2.75) is 13.3 Å². The standard InChI is InChI=1S/C11H19FN6O2/c1-3-5-16(2)10(19)8-9(13)17(7-15-8)11(20)18(14)6-4-12/h7H,3-6,13-14H2,1-2H3. The number of imidazole rings is 1. The van der Waals surface area contributed by atoms with Gasteiger partial charge < -0.3 is 10.6 Å². The summed E-state index contributed by atoms with van der Waals surface area (Å²) in [4.78, 5) is 29.2. The van der Waals surface area contributed by atoms with Crippen LogP contribution in [0, 0.1) is 0 Å². The molecule has 9 heteroatoms. The highest BCUT2D eigenvalue weighted by molar-refractivity contribution is 5.98. The summed E-state index contributed by atoms with van der Waals surface area (Å²) in [6.07, 6.45) is 1.89.